The van der Waals surface area contributed by atoms with Crippen LogP contribution in [0.2, 0.25) is 0 Å². The highest BCUT2D eigenvalue weighted by molar-refractivity contribution is 6.23. The molecule has 2 aromatic rings. The molecule has 0 atom stereocenters. The highest BCUT2D eigenvalue weighted by Crippen LogP contribution is 2.33. The van der Waals surface area contributed by atoms with Crippen molar-refractivity contribution in [2.24, 2.45) is 0 Å². The Morgan fingerprint density at radius 1 is 1.23 bits per heavy atom. The summed E-state index contributed by atoms with van der Waals surface area (Å²) in [7, 11) is 1.36. The lowest BCUT2D eigenvalue weighted by Crippen LogP contribution is -2.24. The van der Waals surface area contributed by atoms with Crippen molar-refractivity contribution in [3.63, 3.8) is 0 Å². The van der Waals surface area contributed by atoms with Crippen LogP contribution in [0.5, 0.6) is 11.5 Å². The number of nitrogens with zero attached hydrogens (tertiary/aromatic N) is 1. The Balaban J connectivity index is 2.35. The van der Waals surface area contributed by atoms with Crippen LogP contribution < -0.4 is 21.3 Å². The third-order valence-corrected chi connectivity index (χ3v) is 3.39. The van der Waals surface area contributed by atoms with Crippen molar-refractivity contribution >= 4 is 17.6 Å². The number of para-hydroxylation sites is 1. The van der Waals surface area contributed by atoms with Crippen LogP contribution in [0, 0.1) is 0 Å². The van der Waals surface area contributed by atoms with Crippen LogP contribution in [0.15, 0.2) is 29.1 Å². The molecular weight excluding hydrogens is 290 g/mol. The molecule has 8 nitrogen and oxygen atoms in total. The van der Waals surface area contributed by atoms with Gasteiger partial charge < -0.3 is 15.6 Å². The summed E-state index contributed by atoms with van der Waals surface area (Å²) in [6, 6.07) is 5.50. The van der Waals surface area contributed by atoms with Gasteiger partial charge in [-0.1, -0.05) is 6.07 Å². The molecule has 0 unspecified atom stereocenters. The summed E-state index contributed by atoms with van der Waals surface area (Å²) < 4.78 is 5.93. The molecule has 112 valence electrons. The predicted octanol–water partition coefficient (Wildman–Crippen LogP) is 0.0175. The average molecular weight is 301 g/mol. The summed E-state index contributed by atoms with van der Waals surface area (Å²) in [5.74, 6) is -1.75. The first-order chi connectivity index (χ1) is 10.5. The third kappa shape index (κ3) is 1.74. The van der Waals surface area contributed by atoms with Gasteiger partial charge in [0.1, 0.15) is 5.82 Å². The number of aromatic nitrogens is 1. The summed E-state index contributed by atoms with van der Waals surface area (Å²) >= 11 is 0. The standard InChI is InChI=1S/C14H11N3O5/c1-22-8-4-2-3-7(11(8)19)17-9(18)5-6-10(12(17)15)14(21)16-13(6)20/h2-5,19H,15H2,1H3,(H,16,20,21). The summed E-state index contributed by atoms with van der Waals surface area (Å²) in [6.07, 6.45) is 0. The van der Waals surface area contributed by atoms with Crippen LogP contribution in [0.25, 0.3) is 5.69 Å². The number of phenols is 1. The molecule has 0 radical (unpaired) electrons. The van der Waals surface area contributed by atoms with E-state index in [0.717, 1.165) is 10.6 Å². The molecule has 22 heavy (non-hydrogen) atoms. The molecule has 1 aliphatic heterocycles. The maximum Gasteiger partial charge on any atom is 0.262 e. The molecule has 0 bridgehead atoms. The second kappa shape index (κ2) is 4.62. The van der Waals surface area contributed by atoms with Crippen LogP contribution in [-0.2, 0) is 0 Å². The average Bonchev–Trinajstić information content (AvgIpc) is 2.75. The minimum Gasteiger partial charge on any atom is -0.503 e. The molecule has 1 aromatic heterocycles. The Morgan fingerprint density at radius 2 is 1.95 bits per heavy atom. The number of nitrogen functional groups attached to an aromatic ring is 1. The van der Waals surface area contributed by atoms with Crippen molar-refractivity contribution in [1.82, 2.24) is 9.88 Å². The van der Waals surface area contributed by atoms with Gasteiger partial charge >= 0.3 is 0 Å². The number of fused-ring (bicyclic) bond motifs is 1. The Kier molecular flexibility index (Phi) is 2.87. The van der Waals surface area contributed by atoms with E-state index in [9.17, 15) is 19.5 Å². The van der Waals surface area contributed by atoms with Crippen molar-refractivity contribution < 1.29 is 19.4 Å². The number of carbonyl (C=O) groups is 2. The molecule has 2 amide bonds. The van der Waals surface area contributed by atoms with E-state index in [-0.39, 0.29) is 34.1 Å². The molecule has 0 spiro atoms. The van der Waals surface area contributed by atoms with Gasteiger partial charge in [0.25, 0.3) is 17.4 Å². The van der Waals surface area contributed by atoms with Crippen LogP contribution in [0.3, 0.4) is 0 Å². The highest BCUT2D eigenvalue weighted by atomic mass is 16.5. The van der Waals surface area contributed by atoms with Crippen LogP contribution in [0.1, 0.15) is 20.7 Å². The number of aromatic hydroxyl groups is 1. The molecular formula is C14H11N3O5. The number of rotatable bonds is 2. The van der Waals surface area contributed by atoms with E-state index < -0.39 is 17.4 Å². The second-order valence-electron chi connectivity index (χ2n) is 4.60. The second-order valence-corrected chi connectivity index (χ2v) is 4.60. The molecule has 0 saturated heterocycles. The minimum atomic E-state index is -0.686. The molecule has 4 N–H and O–H groups in total. The number of pyridine rings is 1. The molecule has 2 heterocycles. The number of ether oxygens (including phenoxy) is 1. The van der Waals surface area contributed by atoms with E-state index in [1.54, 1.807) is 6.07 Å². The fourth-order valence-corrected chi connectivity index (χ4v) is 2.38. The lowest BCUT2D eigenvalue weighted by Gasteiger charge is -2.14. The monoisotopic (exact) mass is 301 g/mol. The van der Waals surface area contributed by atoms with Gasteiger partial charge in [-0.15, -0.1) is 0 Å². The van der Waals surface area contributed by atoms with Gasteiger partial charge in [0, 0.05) is 6.07 Å². The molecule has 3 rings (SSSR count). The van der Waals surface area contributed by atoms with E-state index >= 15 is 0 Å². The number of hydrogen-bond donors (Lipinski definition) is 3. The number of methoxy groups -OCH3 is 1. The molecule has 0 saturated carbocycles. The van der Waals surface area contributed by atoms with E-state index in [1.807, 2.05) is 0 Å². The Bertz CT molecular complexity index is 885. The number of benzene rings is 1. The smallest absolute Gasteiger partial charge is 0.262 e. The molecule has 0 fully saturated rings. The molecule has 1 aliphatic rings. The van der Waals surface area contributed by atoms with Crippen molar-refractivity contribution in [1.29, 1.82) is 0 Å². The number of carbonyl (C=O) groups excluding carboxylic acids is 2. The topological polar surface area (TPSA) is 124 Å². The van der Waals surface area contributed by atoms with E-state index in [1.165, 1.54) is 19.2 Å². The first kappa shape index (κ1) is 13.7. The minimum absolute atomic E-state index is 0.0526. The van der Waals surface area contributed by atoms with E-state index in [2.05, 4.69) is 5.32 Å². The van der Waals surface area contributed by atoms with Crippen molar-refractivity contribution in [2.45, 2.75) is 0 Å². The van der Waals surface area contributed by atoms with E-state index in [0.29, 0.717) is 0 Å². The Labute approximate surface area is 123 Å². The summed E-state index contributed by atoms with van der Waals surface area (Å²) in [5.41, 5.74) is 5.11. The van der Waals surface area contributed by atoms with Crippen molar-refractivity contribution in [3.8, 4) is 17.2 Å². The number of nitrogens with one attached hydrogen (secondary N) is 1. The first-order valence-electron chi connectivity index (χ1n) is 6.23. The van der Waals surface area contributed by atoms with Gasteiger partial charge in [-0.05, 0) is 12.1 Å². The summed E-state index contributed by atoms with van der Waals surface area (Å²) in [5, 5.41) is 12.2. The zero-order valence-corrected chi connectivity index (χ0v) is 11.4. The number of phenolic OH excluding ortho intramolecular Hbond substituents is 1. The number of nitrogens with two attached hydrogens (primary N) is 1. The molecule has 1 aromatic carbocycles. The van der Waals surface area contributed by atoms with Crippen LogP contribution >= 0.6 is 0 Å². The first-order valence-corrected chi connectivity index (χ1v) is 6.23. The maximum absolute atomic E-state index is 12.2. The molecule has 8 heteroatoms. The van der Waals surface area contributed by atoms with Gasteiger partial charge in [0.05, 0.1) is 23.9 Å². The number of amides is 2. The SMILES string of the molecule is COc1cccc(-n2c(N)c3c(cc2=O)C(=O)NC3=O)c1O. The number of anilines is 1. The van der Waals surface area contributed by atoms with Gasteiger partial charge in [0.15, 0.2) is 11.5 Å². The summed E-state index contributed by atoms with van der Waals surface area (Å²) in [6.45, 7) is 0. The lowest BCUT2D eigenvalue weighted by atomic mass is 10.1. The molecule has 0 aliphatic carbocycles. The van der Waals surface area contributed by atoms with Gasteiger partial charge in [-0.25, -0.2) is 0 Å². The van der Waals surface area contributed by atoms with Crippen molar-refractivity contribution in [3.05, 3.63) is 45.7 Å². The fourth-order valence-electron chi connectivity index (χ4n) is 2.38. The van der Waals surface area contributed by atoms with Gasteiger partial charge in [-0.3, -0.25) is 24.3 Å². The number of imide groups is 1. The fraction of sp³-hybridized carbons (Fsp3) is 0.0714. The Hall–Kier alpha value is -3.29. The maximum atomic E-state index is 12.2. The largest absolute Gasteiger partial charge is 0.503 e. The van der Waals surface area contributed by atoms with Crippen LogP contribution in [0.4, 0.5) is 5.82 Å². The van der Waals surface area contributed by atoms with Gasteiger partial charge in [-0.2, -0.15) is 0 Å². The van der Waals surface area contributed by atoms with E-state index in [4.69, 9.17) is 10.5 Å². The lowest BCUT2D eigenvalue weighted by molar-refractivity contribution is 0.0880. The van der Waals surface area contributed by atoms with Crippen LogP contribution in [-0.4, -0.2) is 28.6 Å². The van der Waals surface area contributed by atoms with Crippen molar-refractivity contribution in [2.75, 3.05) is 12.8 Å². The summed E-state index contributed by atoms with van der Waals surface area (Å²) in [4.78, 5) is 35.6. The predicted molar refractivity (Wildman–Crippen MR) is 76.5 cm³/mol. The highest BCUT2D eigenvalue weighted by Gasteiger charge is 2.32. The van der Waals surface area contributed by atoms with Gasteiger partial charge in [0.2, 0.25) is 0 Å². The zero-order chi connectivity index (χ0) is 16.0. The zero-order valence-electron chi connectivity index (χ0n) is 11.4. The Morgan fingerprint density at radius 3 is 2.64 bits per heavy atom. The normalized spacial score (nSPS) is 13.0. The quantitative estimate of drug-likeness (QED) is 0.672. The third-order valence-electron chi connectivity index (χ3n) is 3.39. The number of hydrogen-bond acceptors (Lipinski definition) is 6.